The zero-order chi connectivity index (χ0) is 25.8. The van der Waals surface area contributed by atoms with Gasteiger partial charge in [-0.05, 0) is 100 Å². The summed E-state index contributed by atoms with van der Waals surface area (Å²) in [6.45, 7) is 7.12. The molecule has 3 unspecified atom stereocenters. The molecule has 4 fully saturated rings. The molecule has 6 heteroatoms. The second-order valence-electron chi connectivity index (χ2n) is 12.2. The number of aromatic nitrogens is 1. The Morgan fingerprint density at radius 3 is 2.59 bits per heavy atom. The first-order chi connectivity index (χ1) is 17.8. The zero-order valence-electron chi connectivity index (χ0n) is 22.6. The van der Waals surface area contributed by atoms with Crippen LogP contribution in [0, 0.1) is 12.8 Å². The highest BCUT2D eigenvalue weighted by Crippen LogP contribution is 2.60. The summed E-state index contributed by atoms with van der Waals surface area (Å²) in [5, 5.41) is 13.1. The first-order valence-corrected chi connectivity index (χ1v) is 14.1. The van der Waals surface area contributed by atoms with Crippen molar-refractivity contribution in [2.75, 3.05) is 26.7 Å². The molecule has 0 radical (unpaired) electrons. The van der Waals surface area contributed by atoms with Crippen molar-refractivity contribution in [1.29, 1.82) is 0 Å². The van der Waals surface area contributed by atoms with E-state index < -0.39 is 11.0 Å². The summed E-state index contributed by atoms with van der Waals surface area (Å²) in [6, 6.07) is 12.1. The summed E-state index contributed by atoms with van der Waals surface area (Å²) in [6.07, 6.45) is 8.90. The molecule has 2 saturated carbocycles. The van der Waals surface area contributed by atoms with Gasteiger partial charge in [0.05, 0.1) is 19.1 Å². The Balaban J connectivity index is 1.41. The van der Waals surface area contributed by atoms with Crippen LogP contribution in [0.25, 0.3) is 0 Å². The number of benzene rings is 1. The summed E-state index contributed by atoms with van der Waals surface area (Å²) in [5.74, 6) is 1.74. The summed E-state index contributed by atoms with van der Waals surface area (Å²) >= 11 is 0. The Kier molecular flexibility index (Phi) is 6.11. The predicted molar refractivity (Wildman–Crippen MR) is 144 cm³/mol. The molecule has 37 heavy (non-hydrogen) atoms. The van der Waals surface area contributed by atoms with E-state index in [9.17, 15) is 9.90 Å². The Morgan fingerprint density at radius 2 is 1.92 bits per heavy atom. The molecule has 3 atom stereocenters. The number of likely N-dealkylation sites (tertiary alicyclic amines) is 2. The van der Waals surface area contributed by atoms with E-state index in [1.165, 1.54) is 24.0 Å². The molecular formula is C31H41N3O3. The van der Waals surface area contributed by atoms with Crippen molar-refractivity contribution >= 4 is 5.91 Å². The van der Waals surface area contributed by atoms with Crippen LogP contribution in [0.4, 0.5) is 0 Å². The molecule has 1 N–H and O–H groups in total. The zero-order valence-corrected chi connectivity index (χ0v) is 22.6. The number of methoxy groups -OCH3 is 1. The van der Waals surface area contributed by atoms with Gasteiger partial charge in [-0.25, -0.2) is 0 Å². The minimum Gasteiger partial charge on any atom is -0.497 e. The van der Waals surface area contributed by atoms with Crippen LogP contribution in [0.3, 0.4) is 0 Å². The number of pyridine rings is 1. The molecule has 0 bridgehead atoms. The van der Waals surface area contributed by atoms with Crippen molar-refractivity contribution in [3.05, 3.63) is 59.4 Å². The Morgan fingerprint density at radius 1 is 1.14 bits per heavy atom. The third-order valence-electron chi connectivity index (χ3n) is 10.2. The molecule has 198 valence electrons. The maximum atomic E-state index is 13.8. The van der Waals surface area contributed by atoms with E-state index >= 15 is 0 Å². The summed E-state index contributed by atoms with van der Waals surface area (Å²) in [5.41, 5.74) is 1.58. The topological polar surface area (TPSA) is 65.9 Å². The molecule has 2 aromatic rings. The molecule has 6 rings (SSSR count). The van der Waals surface area contributed by atoms with Crippen LogP contribution in [0.1, 0.15) is 68.7 Å². The van der Waals surface area contributed by atoms with Gasteiger partial charge in [0.25, 0.3) is 0 Å². The maximum Gasteiger partial charge on any atom is 0.229 e. The van der Waals surface area contributed by atoms with Gasteiger partial charge in [0, 0.05) is 48.4 Å². The van der Waals surface area contributed by atoms with Gasteiger partial charge in [0.2, 0.25) is 5.91 Å². The first-order valence-electron chi connectivity index (χ1n) is 14.1. The lowest BCUT2D eigenvalue weighted by Crippen LogP contribution is -2.68. The van der Waals surface area contributed by atoms with Crippen molar-refractivity contribution in [1.82, 2.24) is 14.8 Å². The number of rotatable bonds is 6. The van der Waals surface area contributed by atoms with Crippen LogP contribution in [-0.2, 0) is 16.6 Å². The third-order valence-corrected chi connectivity index (χ3v) is 10.2. The highest BCUT2D eigenvalue weighted by Gasteiger charge is 2.67. The van der Waals surface area contributed by atoms with E-state index in [1.54, 1.807) is 13.3 Å². The van der Waals surface area contributed by atoms with E-state index in [0.717, 1.165) is 56.1 Å². The minimum atomic E-state index is -0.937. The Hall–Kier alpha value is -2.44. The summed E-state index contributed by atoms with van der Waals surface area (Å²) < 4.78 is 5.67. The maximum absolute atomic E-state index is 13.8. The number of amides is 1. The molecular weight excluding hydrogens is 462 g/mol. The molecule has 1 aromatic heterocycles. The molecule has 2 aliphatic carbocycles. The van der Waals surface area contributed by atoms with Gasteiger partial charge in [-0.3, -0.25) is 14.7 Å². The fourth-order valence-corrected chi connectivity index (χ4v) is 7.60. The first kappa shape index (κ1) is 24.9. The lowest BCUT2D eigenvalue weighted by molar-refractivity contribution is -0.145. The molecule has 1 spiro atoms. The van der Waals surface area contributed by atoms with Gasteiger partial charge in [-0.15, -0.1) is 0 Å². The van der Waals surface area contributed by atoms with Crippen molar-refractivity contribution in [3.8, 4) is 5.75 Å². The van der Waals surface area contributed by atoms with Gasteiger partial charge in [-0.1, -0.05) is 12.1 Å². The number of nitrogens with zero attached hydrogens (tertiary/aromatic N) is 3. The van der Waals surface area contributed by atoms with Crippen LogP contribution in [0.15, 0.2) is 42.6 Å². The van der Waals surface area contributed by atoms with Crippen molar-refractivity contribution in [3.63, 3.8) is 0 Å². The highest BCUT2D eigenvalue weighted by atomic mass is 16.5. The second kappa shape index (κ2) is 9.09. The van der Waals surface area contributed by atoms with Crippen LogP contribution in [0.2, 0.25) is 0 Å². The molecule has 1 aromatic carbocycles. The SMILES string of the molecule is COc1ccc(C)c(C23CCN(CC4CC4)C(C)C2(O)CC2(CC2)N(C(=O)Cc2ccccn2)CC3)c1. The molecule has 2 aliphatic heterocycles. The number of carbonyl (C=O) groups excluding carboxylic acids is 1. The normalized spacial score (nSPS) is 31.0. The van der Waals surface area contributed by atoms with Gasteiger partial charge >= 0.3 is 0 Å². The number of aryl methyl sites for hydroxylation is 1. The van der Waals surface area contributed by atoms with Crippen LogP contribution >= 0.6 is 0 Å². The average Bonchev–Trinajstić information content (AvgIpc) is 3.82. The predicted octanol–water partition coefficient (Wildman–Crippen LogP) is 4.27. The van der Waals surface area contributed by atoms with Crippen LogP contribution < -0.4 is 4.74 Å². The van der Waals surface area contributed by atoms with Gasteiger partial charge < -0.3 is 14.7 Å². The fourth-order valence-electron chi connectivity index (χ4n) is 7.60. The van der Waals surface area contributed by atoms with E-state index in [0.29, 0.717) is 19.4 Å². The van der Waals surface area contributed by atoms with Crippen LogP contribution in [-0.4, -0.2) is 69.7 Å². The standard InChI is InChI=1S/C31H41N3O3/c1-22-7-10-26(37-3)19-27(22)30-13-16-33(20-24-8-9-24)23(2)31(30,36)21-29(11-12-29)34(17-14-30)28(35)18-25-6-4-5-15-32-25/h4-7,10,15,19,23-24,36H,8-9,11-14,16-18,20-21H2,1-3H3. The van der Waals surface area contributed by atoms with Crippen molar-refractivity contribution < 1.29 is 14.6 Å². The highest BCUT2D eigenvalue weighted by molar-refractivity contribution is 5.80. The van der Waals surface area contributed by atoms with Gasteiger partial charge in [0.15, 0.2) is 0 Å². The number of aliphatic hydroxyl groups is 1. The minimum absolute atomic E-state index is 0.0239. The van der Waals surface area contributed by atoms with Gasteiger partial charge in [0.1, 0.15) is 5.75 Å². The van der Waals surface area contributed by atoms with Crippen molar-refractivity contribution in [2.45, 2.75) is 87.8 Å². The molecule has 4 aliphatic rings. The number of ether oxygens (including phenoxy) is 1. The van der Waals surface area contributed by atoms with E-state index in [4.69, 9.17) is 4.74 Å². The molecule has 1 amide bonds. The number of piperidine rings is 1. The van der Waals surface area contributed by atoms with Crippen LogP contribution in [0.5, 0.6) is 5.75 Å². The third kappa shape index (κ3) is 4.17. The van der Waals surface area contributed by atoms with E-state index in [-0.39, 0.29) is 17.5 Å². The number of hydrogen-bond acceptors (Lipinski definition) is 5. The Labute approximate surface area is 221 Å². The summed E-state index contributed by atoms with van der Waals surface area (Å²) in [4.78, 5) is 22.9. The Bertz CT molecular complexity index is 1160. The second-order valence-corrected chi connectivity index (χ2v) is 12.2. The largest absolute Gasteiger partial charge is 0.497 e. The average molecular weight is 504 g/mol. The molecule has 6 nitrogen and oxygen atoms in total. The lowest BCUT2D eigenvalue weighted by atomic mass is 9.56. The lowest BCUT2D eigenvalue weighted by Gasteiger charge is -2.58. The fraction of sp³-hybridized carbons (Fsp3) is 0.613. The number of hydrogen-bond donors (Lipinski definition) is 1. The monoisotopic (exact) mass is 503 g/mol. The van der Waals surface area contributed by atoms with E-state index in [1.807, 2.05) is 24.3 Å². The molecule has 2 saturated heterocycles. The van der Waals surface area contributed by atoms with Crippen molar-refractivity contribution in [2.24, 2.45) is 5.92 Å². The smallest absolute Gasteiger partial charge is 0.229 e. The van der Waals surface area contributed by atoms with Gasteiger partial charge in [-0.2, -0.15) is 0 Å². The quantitative estimate of drug-likeness (QED) is 0.638. The molecule has 3 heterocycles. The summed E-state index contributed by atoms with van der Waals surface area (Å²) in [7, 11) is 1.71. The number of fused-ring (bicyclic) bond motifs is 1. The van der Waals surface area contributed by atoms with E-state index in [2.05, 4.69) is 40.8 Å². The number of carbonyl (C=O) groups is 1.